The number of ketones is 1. The summed E-state index contributed by atoms with van der Waals surface area (Å²) in [7, 11) is 0. The summed E-state index contributed by atoms with van der Waals surface area (Å²) < 4.78 is 0. The van der Waals surface area contributed by atoms with Gasteiger partial charge in [-0.2, -0.15) is 11.3 Å². The lowest BCUT2D eigenvalue weighted by Crippen LogP contribution is -2.27. The van der Waals surface area contributed by atoms with Crippen molar-refractivity contribution in [2.24, 2.45) is 0 Å². The molecule has 0 unspecified atom stereocenters. The van der Waals surface area contributed by atoms with Gasteiger partial charge in [0.15, 0.2) is 0 Å². The number of anilines is 1. The van der Waals surface area contributed by atoms with Crippen molar-refractivity contribution in [1.82, 2.24) is 5.32 Å². The fourth-order valence-corrected chi connectivity index (χ4v) is 3.84. The van der Waals surface area contributed by atoms with E-state index >= 15 is 0 Å². The van der Waals surface area contributed by atoms with Crippen molar-refractivity contribution in [3.05, 3.63) is 73.6 Å². The van der Waals surface area contributed by atoms with Gasteiger partial charge in [0.25, 0.3) is 0 Å². The largest absolute Gasteiger partial charge is 0.333 e. The Kier molecular flexibility index (Phi) is 5.31. The number of aryl methyl sites for hydroxylation is 2. The van der Waals surface area contributed by atoms with Crippen LogP contribution in [0.1, 0.15) is 31.2 Å². The van der Waals surface area contributed by atoms with Crippen LogP contribution in [0.25, 0.3) is 0 Å². The van der Waals surface area contributed by atoms with Crippen LogP contribution >= 0.6 is 22.7 Å². The third-order valence-electron chi connectivity index (χ3n) is 3.86. The van der Waals surface area contributed by atoms with Crippen LogP contribution in [0.15, 0.2) is 47.2 Å². The second-order valence-electron chi connectivity index (χ2n) is 5.71. The molecule has 0 aliphatic heterocycles. The molecule has 0 fully saturated rings. The highest BCUT2D eigenvalue weighted by Gasteiger charge is 2.12. The lowest BCUT2D eigenvalue weighted by Gasteiger charge is -2.08. The molecule has 0 atom stereocenters. The summed E-state index contributed by atoms with van der Waals surface area (Å²) in [6.45, 7) is 4.43. The SMILES string of the molecule is Cc1ccc(NC(=O)NCc2ccc(C(=O)c3ccsc3)s2)cc1C. The second kappa shape index (κ2) is 7.63. The molecule has 0 bridgehead atoms. The highest BCUT2D eigenvalue weighted by Crippen LogP contribution is 2.21. The molecular formula is C19H18N2O2S2. The molecule has 3 rings (SSSR count). The van der Waals surface area contributed by atoms with Gasteiger partial charge in [-0.15, -0.1) is 11.3 Å². The summed E-state index contributed by atoms with van der Waals surface area (Å²) in [4.78, 5) is 25.9. The monoisotopic (exact) mass is 370 g/mol. The Labute approximate surface area is 154 Å². The van der Waals surface area contributed by atoms with Crippen LogP contribution in [0, 0.1) is 13.8 Å². The number of amides is 2. The quantitative estimate of drug-likeness (QED) is 0.622. The highest BCUT2D eigenvalue weighted by molar-refractivity contribution is 7.14. The van der Waals surface area contributed by atoms with Crippen molar-refractivity contribution in [3.8, 4) is 0 Å². The number of hydrogen-bond donors (Lipinski definition) is 2. The maximum Gasteiger partial charge on any atom is 0.319 e. The molecule has 128 valence electrons. The normalized spacial score (nSPS) is 10.5. The van der Waals surface area contributed by atoms with E-state index in [1.807, 2.05) is 61.0 Å². The van der Waals surface area contributed by atoms with Crippen molar-refractivity contribution in [1.29, 1.82) is 0 Å². The summed E-state index contributed by atoms with van der Waals surface area (Å²) in [6, 6.07) is 11.0. The van der Waals surface area contributed by atoms with Gasteiger partial charge in [-0.1, -0.05) is 6.07 Å². The molecular weight excluding hydrogens is 352 g/mol. The molecule has 0 radical (unpaired) electrons. The molecule has 0 aliphatic carbocycles. The minimum absolute atomic E-state index is 0.0251. The van der Waals surface area contributed by atoms with Crippen LogP contribution in [-0.2, 0) is 6.54 Å². The Bertz CT molecular complexity index is 898. The topological polar surface area (TPSA) is 58.2 Å². The first-order valence-electron chi connectivity index (χ1n) is 7.80. The standard InChI is InChI=1S/C19H18N2O2S2/c1-12-3-4-15(9-13(12)2)21-19(23)20-10-16-5-6-17(25-16)18(22)14-7-8-24-11-14/h3-9,11H,10H2,1-2H3,(H2,20,21,23). The molecule has 4 nitrogen and oxygen atoms in total. The number of carbonyl (C=O) groups excluding carboxylic acids is 2. The Morgan fingerprint density at radius 3 is 2.60 bits per heavy atom. The zero-order valence-electron chi connectivity index (χ0n) is 14.0. The van der Waals surface area contributed by atoms with E-state index in [1.54, 1.807) is 0 Å². The predicted molar refractivity (Wildman–Crippen MR) is 104 cm³/mol. The van der Waals surface area contributed by atoms with Crippen LogP contribution in [0.2, 0.25) is 0 Å². The Hall–Kier alpha value is -2.44. The number of carbonyl (C=O) groups is 2. The Morgan fingerprint density at radius 2 is 1.88 bits per heavy atom. The van der Waals surface area contributed by atoms with Gasteiger partial charge in [0.05, 0.1) is 11.4 Å². The van der Waals surface area contributed by atoms with Gasteiger partial charge in [0.2, 0.25) is 5.78 Å². The van der Waals surface area contributed by atoms with Gasteiger partial charge in [-0.25, -0.2) is 4.79 Å². The molecule has 1 aromatic carbocycles. The summed E-state index contributed by atoms with van der Waals surface area (Å²) in [5.74, 6) is 0.0251. The van der Waals surface area contributed by atoms with E-state index in [4.69, 9.17) is 0 Å². The lowest BCUT2D eigenvalue weighted by atomic mass is 10.1. The van der Waals surface area contributed by atoms with Gasteiger partial charge in [0.1, 0.15) is 0 Å². The van der Waals surface area contributed by atoms with E-state index < -0.39 is 0 Å². The minimum Gasteiger partial charge on any atom is -0.333 e. The first kappa shape index (κ1) is 17.4. The average molecular weight is 370 g/mol. The summed E-state index contributed by atoms with van der Waals surface area (Å²) in [6.07, 6.45) is 0. The average Bonchev–Trinajstić information content (AvgIpc) is 3.27. The first-order valence-corrected chi connectivity index (χ1v) is 9.56. The highest BCUT2D eigenvalue weighted by atomic mass is 32.1. The zero-order chi connectivity index (χ0) is 17.8. The number of urea groups is 1. The van der Waals surface area contributed by atoms with Crippen molar-refractivity contribution >= 4 is 40.2 Å². The number of benzene rings is 1. The van der Waals surface area contributed by atoms with Crippen LogP contribution in [-0.4, -0.2) is 11.8 Å². The lowest BCUT2D eigenvalue weighted by molar-refractivity contribution is 0.104. The number of nitrogens with one attached hydrogen (secondary N) is 2. The number of rotatable bonds is 5. The van der Waals surface area contributed by atoms with Crippen molar-refractivity contribution in [2.45, 2.75) is 20.4 Å². The van der Waals surface area contributed by atoms with E-state index in [0.717, 1.165) is 16.1 Å². The van der Waals surface area contributed by atoms with Crippen LogP contribution in [0.3, 0.4) is 0 Å². The third kappa shape index (κ3) is 4.35. The van der Waals surface area contributed by atoms with E-state index in [2.05, 4.69) is 10.6 Å². The van der Waals surface area contributed by atoms with Gasteiger partial charge in [-0.05, 0) is 60.7 Å². The fourth-order valence-electron chi connectivity index (χ4n) is 2.29. The van der Waals surface area contributed by atoms with E-state index in [1.165, 1.54) is 28.2 Å². The van der Waals surface area contributed by atoms with E-state index in [-0.39, 0.29) is 11.8 Å². The fraction of sp³-hybridized carbons (Fsp3) is 0.158. The Morgan fingerprint density at radius 1 is 1.04 bits per heavy atom. The predicted octanol–water partition coefficient (Wildman–Crippen LogP) is 4.98. The van der Waals surface area contributed by atoms with Crippen molar-refractivity contribution < 1.29 is 9.59 Å². The number of hydrogen-bond acceptors (Lipinski definition) is 4. The molecule has 0 saturated heterocycles. The Balaban J connectivity index is 1.55. The molecule has 2 aromatic heterocycles. The maximum atomic E-state index is 12.3. The van der Waals surface area contributed by atoms with Crippen LogP contribution in [0.5, 0.6) is 0 Å². The van der Waals surface area contributed by atoms with Crippen LogP contribution < -0.4 is 10.6 Å². The molecule has 25 heavy (non-hydrogen) atoms. The van der Waals surface area contributed by atoms with E-state index in [9.17, 15) is 9.59 Å². The van der Waals surface area contributed by atoms with Gasteiger partial charge >= 0.3 is 6.03 Å². The molecule has 6 heteroatoms. The summed E-state index contributed by atoms with van der Waals surface area (Å²) >= 11 is 2.91. The summed E-state index contributed by atoms with van der Waals surface area (Å²) in [5.41, 5.74) is 3.79. The smallest absolute Gasteiger partial charge is 0.319 e. The van der Waals surface area contributed by atoms with Crippen molar-refractivity contribution in [3.63, 3.8) is 0 Å². The minimum atomic E-state index is -0.262. The molecule has 3 aromatic rings. The van der Waals surface area contributed by atoms with Gasteiger partial charge in [-0.3, -0.25) is 4.79 Å². The van der Waals surface area contributed by atoms with Gasteiger partial charge in [0, 0.05) is 21.5 Å². The maximum absolute atomic E-state index is 12.3. The molecule has 0 aliphatic rings. The molecule has 2 heterocycles. The zero-order valence-corrected chi connectivity index (χ0v) is 15.6. The molecule has 2 amide bonds. The van der Waals surface area contributed by atoms with Crippen LogP contribution in [0.4, 0.5) is 10.5 Å². The number of thiophene rings is 2. The third-order valence-corrected chi connectivity index (χ3v) is 5.62. The van der Waals surface area contributed by atoms with Crippen molar-refractivity contribution in [2.75, 3.05) is 5.32 Å². The molecule has 2 N–H and O–H groups in total. The molecule has 0 spiro atoms. The summed E-state index contributed by atoms with van der Waals surface area (Å²) in [5, 5.41) is 9.37. The van der Waals surface area contributed by atoms with Gasteiger partial charge < -0.3 is 10.6 Å². The second-order valence-corrected chi connectivity index (χ2v) is 7.66. The first-order chi connectivity index (χ1) is 12.0. The van der Waals surface area contributed by atoms with E-state index in [0.29, 0.717) is 17.0 Å². The molecule has 0 saturated carbocycles.